The van der Waals surface area contributed by atoms with Crippen LogP contribution < -0.4 is 4.90 Å². The summed E-state index contributed by atoms with van der Waals surface area (Å²) < 4.78 is 11.1. The smallest absolute Gasteiger partial charge is 0.344 e. The van der Waals surface area contributed by atoms with Crippen molar-refractivity contribution in [1.82, 2.24) is 4.90 Å². The van der Waals surface area contributed by atoms with Crippen molar-refractivity contribution in [2.24, 2.45) is 5.41 Å². The van der Waals surface area contributed by atoms with Crippen LogP contribution in [0.1, 0.15) is 32.3 Å². The third kappa shape index (κ3) is 2.21. The Hall–Kier alpha value is -2.38. The van der Waals surface area contributed by atoms with Crippen LogP contribution >= 0.6 is 0 Å². The zero-order valence-corrected chi connectivity index (χ0v) is 18.5. The molecule has 1 saturated carbocycles. The van der Waals surface area contributed by atoms with Gasteiger partial charge in [0.2, 0.25) is 5.60 Å². The first-order valence-corrected chi connectivity index (χ1v) is 11.0. The minimum absolute atomic E-state index is 0.0135. The van der Waals surface area contributed by atoms with E-state index in [1.807, 2.05) is 37.1 Å². The van der Waals surface area contributed by atoms with Crippen LogP contribution in [0.15, 0.2) is 36.4 Å². The summed E-state index contributed by atoms with van der Waals surface area (Å²) in [7, 11) is 3.19. The monoisotopic (exact) mass is 426 g/mol. The number of benzene rings is 1. The lowest BCUT2D eigenvalue weighted by atomic mass is 9.47. The SMILES string of the molecule is CC[C@@]12C=CCN3CC[C@@]4(c5ccccc5N(C)[C@@H]4[C@@](O)(C(=O)OC)[C@@H]1OC(C)=O)[C@@H]32. The summed E-state index contributed by atoms with van der Waals surface area (Å²) in [5.74, 6) is -1.28. The lowest BCUT2D eigenvalue weighted by Crippen LogP contribution is -2.81. The summed E-state index contributed by atoms with van der Waals surface area (Å²) in [5, 5.41) is 12.4. The number of likely N-dealkylation sites (N-methyl/N-ethyl adjacent to an activating group) is 1. The summed E-state index contributed by atoms with van der Waals surface area (Å²) >= 11 is 0. The average Bonchev–Trinajstić information content (AvgIpc) is 3.28. The maximum Gasteiger partial charge on any atom is 0.344 e. The molecule has 5 rings (SSSR count). The van der Waals surface area contributed by atoms with Crippen LogP contribution in [0, 0.1) is 5.41 Å². The van der Waals surface area contributed by atoms with Crippen molar-refractivity contribution in [2.75, 3.05) is 32.1 Å². The lowest BCUT2D eigenvalue weighted by Gasteiger charge is -2.63. The molecule has 6 atom stereocenters. The molecule has 0 unspecified atom stereocenters. The van der Waals surface area contributed by atoms with Crippen LogP contribution in [0.4, 0.5) is 5.69 Å². The Kier molecular flexibility index (Phi) is 4.34. The predicted molar refractivity (Wildman–Crippen MR) is 115 cm³/mol. The summed E-state index contributed by atoms with van der Waals surface area (Å²) in [4.78, 5) is 30.1. The van der Waals surface area contributed by atoms with E-state index in [-0.39, 0.29) is 6.04 Å². The Morgan fingerprint density at radius 3 is 2.68 bits per heavy atom. The molecule has 1 N–H and O–H groups in total. The second-order valence-electron chi connectivity index (χ2n) is 9.39. The quantitative estimate of drug-likeness (QED) is 0.581. The highest BCUT2D eigenvalue weighted by molar-refractivity contribution is 5.86. The van der Waals surface area contributed by atoms with Crippen molar-refractivity contribution in [3.63, 3.8) is 0 Å². The van der Waals surface area contributed by atoms with Gasteiger partial charge in [0, 0.05) is 43.1 Å². The van der Waals surface area contributed by atoms with Gasteiger partial charge in [-0.2, -0.15) is 0 Å². The first-order valence-electron chi connectivity index (χ1n) is 11.0. The Balaban J connectivity index is 1.87. The molecule has 3 aliphatic heterocycles. The highest BCUT2D eigenvalue weighted by Gasteiger charge is 2.80. The van der Waals surface area contributed by atoms with Gasteiger partial charge < -0.3 is 19.5 Å². The van der Waals surface area contributed by atoms with Crippen LogP contribution in [-0.4, -0.2) is 73.0 Å². The van der Waals surface area contributed by atoms with E-state index in [2.05, 4.69) is 23.1 Å². The fraction of sp³-hybridized carbons (Fsp3) is 0.583. The molecule has 1 aromatic carbocycles. The van der Waals surface area contributed by atoms with E-state index in [9.17, 15) is 14.7 Å². The Labute approximate surface area is 182 Å². The van der Waals surface area contributed by atoms with E-state index < -0.39 is 40.5 Å². The summed E-state index contributed by atoms with van der Waals surface area (Å²) in [5.41, 5.74) is -1.10. The van der Waals surface area contributed by atoms with Crippen molar-refractivity contribution in [2.45, 2.75) is 55.9 Å². The Morgan fingerprint density at radius 1 is 1.26 bits per heavy atom. The minimum Gasteiger partial charge on any atom is -0.467 e. The maximum absolute atomic E-state index is 13.4. The largest absolute Gasteiger partial charge is 0.467 e. The number of aliphatic hydroxyl groups is 1. The normalized spacial score (nSPS) is 40.2. The van der Waals surface area contributed by atoms with E-state index in [1.165, 1.54) is 14.0 Å². The molecule has 166 valence electrons. The van der Waals surface area contributed by atoms with Crippen molar-refractivity contribution >= 4 is 17.6 Å². The summed E-state index contributed by atoms with van der Waals surface area (Å²) in [6.07, 6.45) is 4.52. The number of hydrogen-bond acceptors (Lipinski definition) is 7. The van der Waals surface area contributed by atoms with Crippen LogP contribution in [0.25, 0.3) is 0 Å². The third-order valence-corrected chi connectivity index (χ3v) is 8.32. The second kappa shape index (κ2) is 6.56. The van der Waals surface area contributed by atoms with Gasteiger partial charge in [-0.3, -0.25) is 9.69 Å². The molecular formula is C24H30N2O5. The number of para-hydroxylation sites is 1. The molecule has 0 amide bonds. The molecule has 7 nitrogen and oxygen atoms in total. The molecule has 7 heteroatoms. The van der Waals surface area contributed by atoms with Gasteiger partial charge >= 0.3 is 11.9 Å². The number of hydrogen-bond donors (Lipinski definition) is 1. The van der Waals surface area contributed by atoms with Gasteiger partial charge in [0.1, 0.15) is 0 Å². The standard InChI is InChI=1S/C24H30N2O5/c1-5-22-11-8-13-26-14-12-23(18(22)26)16-9-6-7-10-17(16)25(3)19(23)24(29,21(28)30-4)20(22)31-15(2)27/h6-11,18-20,29H,5,12-14H2,1-4H3/t18-,19-,20+,22-,23+,24-/m0/s1. The number of fused-ring (bicyclic) bond motifs is 1. The highest BCUT2D eigenvalue weighted by atomic mass is 16.6. The number of methoxy groups -OCH3 is 1. The molecule has 1 spiro atoms. The van der Waals surface area contributed by atoms with Crippen molar-refractivity contribution in [1.29, 1.82) is 0 Å². The van der Waals surface area contributed by atoms with Crippen LogP contribution in [-0.2, 0) is 24.5 Å². The molecule has 1 aliphatic carbocycles. The van der Waals surface area contributed by atoms with Gasteiger partial charge in [-0.15, -0.1) is 0 Å². The summed E-state index contributed by atoms with van der Waals surface area (Å²) in [6.45, 7) is 5.02. The maximum atomic E-state index is 13.4. The molecule has 4 aliphatic rings. The number of carbonyl (C=O) groups is 2. The van der Waals surface area contributed by atoms with E-state index in [0.29, 0.717) is 6.42 Å². The molecular weight excluding hydrogens is 396 g/mol. The summed E-state index contributed by atoms with van der Waals surface area (Å²) in [6, 6.07) is 7.53. The number of nitrogens with zero attached hydrogens (tertiary/aromatic N) is 2. The molecule has 31 heavy (non-hydrogen) atoms. The second-order valence-corrected chi connectivity index (χ2v) is 9.39. The van der Waals surface area contributed by atoms with Gasteiger partial charge in [-0.1, -0.05) is 37.3 Å². The van der Waals surface area contributed by atoms with Crippen molar-refractivity contribution < 1.29 is 24.2 Å². The number of rotatable bonds is 3. The molecule has 0 bridgehead atoms. The Bertz CT molecular complexity index is 978. The van der Waals surface area contributed by atoms with Gasteiger partial charge in [0.25, 0.3) is 0 Å². The fourth-order valence-electron chi connectivity index (χ4n) is 7.53. The van der Waals surface area contributed by atoms with Gasteiger partial charge in [-0.25, -0.2) is 4.79 Å². The molecule has 1 aromatic rings. The fourth-order valence-corrected chi connectivity index (χ4v) is 7.53. The van der Waals surface area contributed by atoms with Crippen LogP contribution in [0.3, 0.4) is 0 Å². The number of esters is 2. The molecule has 0 radical (unpaired) electrons. The predicted octanol–water partition coefficient (Wildman–Crippen LogP) is 1.63. The third-order valence-electron chi connectivity index (χ3n) is 8.32. The van der Waals surface area contributed by atoms with E-state index >= 15 is 0 Å². The highest BCUT2D eigenvalue weighted by Crippen LogP contribution is 2.67. The topological polar surface area (TPSA) is 79.3 Å². The average molecular weight is 427 g/mol. The lowest BCUT2D eigenvalue weighted by molar-refractivity contribution is -0.228. The molecule has 0 aromatic heterocycles. The van der Waals surface area contributed by atoms with Crippen LogP contribution in [0.5, 0.6) is 0 Å². The van der Waals surface area contributed by atoms with Gasteiger partial charge in [0.15, 0.2) is 6.10 Å². The number of ether oxygens (including phenoxy) is 2. The van der Waals surface area contributed by atoms with Gasteiger partial charge in [0.05, 0.1) is 13.2 Å². The first-order chi connectivity index (χ1) is 14.8. The van der Waals surface area contributed by atoms with Gasteiger partial charge in [-0.05, 0) is 31.0 Å². The number of anilines is 1. The van der Waals surface area contributed by atoms with Crippen molar-refractivity contribution in [3.8, 4) is 0 Å². The first kappa shape index (κ1) is 20.5. The molecule has 3 heterocycles. The number of carbonyl (C=O) groups excluding carboxylic acids is 2. The van der Waals surface area contributed by atoms with Crippen LogP contribution in [0.2, 0.25) is 0 Å². The van der Waals surface area contributed by atoms with E-state index in [4.69, 9.17) is 9.47 Å². The molecule has 1 saturated heterocycles. The molecule has 2 fully saturated rings. The Morgan fingerprint density at radius 2 is 2.00 bits per heavy atom. The van der Waals surface area contributed by atoms with Crippen molar-refractivity contribution in [3.05, 3.63) is 42.0 Å². The zero-order valence-electron chi connectivity index (χ0n) is 18.5. The zero-order chi connectivity index (χ0) is 22.2. The van der Waals surface area contributed by atoms with E-state index in [0.717, 1.165) is 30.8 Å². The minimum atomic E-state index is -2.03. The van der Waals surface area contributed by atoms with E-state index in [1.54, 1.807) is 0 Å².